The number of halogens is 1. The lowest BCUT2D eigenvalue weighted by atomic mass is 9.99. The number of hydrogen-bond donors (Lipinski definition) is 1. The lowest BCUT2D eigenvalue weighted by Crippen LogP contribution is -2.19. The molecule has 4 rings (SSSR count). The van der Waals surface area contributed by atoms with Crippen molar-refractivity contribution < 1.29 is 23.8 Å². The van der Waals surface area contributed by atoms with Gasteiger partial charge in [0.25, 0.3) is 0 Å². The first-order valence-electron chi connectivity index (χ1n) is 8.70. The first-order chi connectivity index (χ1) is 13.4. The molecule has 2 aromatic carbocycles. The van der Waals surface area contributed by atoms with Crippen LogP contribution in [0.2, 0.25) is 0 Å². The van der Waals surface area contributed by atoms with Crippen LogP contribution >= 0.6 is 0 Å². The highest BCUT2D eigenvalue weighted by atomic mass is 19.1. The number of ether oxygens (including phenoxy) is 1. The van der Waals surface area contributed by atoms with Gasteiger partial charge < -0.3 is 14.4 Å². The first kappa shape index (κ1) is 17.9. The first-order valence-corrected chi connectivity index (χ1v) is 8.70. The molecule has 0 unspecified atom stereocenters. The average Bonchev–Trinajstić information content (AvgIpc) is 3.52. The van der Waals surface area contributed by atoms with Crippen LogP contribution < -0.4 is 10.2 Å². The van der Waals surface area contributed by atoms with E-state index in [2.05, 4.69) is 0 Å². The summed E-state index contributed by atoms with van der Waals surface area (Å²) in [7, 11) is 1.44. The van der Waals surface area contributed by atoms with Crippen molar-refractivity contribution in [2.24, 2.45) is 0 Å². The SMILES string of the molecule is COc1ccc(C=O)cc1-c1cc2c(cc1F)c(=O)c(C(=O)O)cn2C1CC1. The van der Waals surface area contributed by atoms with Crippen molar-refractivity contribution in [3.05, 3.63) is 63.7 Å². The fourth-order valence-corrected chi connectivity index (χ4v) is 3.39. The van der Waals surface area contributed by atoms with E-state index in [9.17, 15) is 23.9 Å². The van der Waals surface area contributed by atoms with Crippen molar-refractivity contribution in [3.63, 3.8) is 0 Å². The standard InChI is InChI=1S/C21H16FNO5/c1-28-19-5-2-11(10-24)6-14(19)13-8-18-15(7-17(13)22)20(25)16(21(26)27)9-23(18)12-3-4-12/h2,5-10,12H,3-4H2,1H3,(H,26,27). The van der Waals surface area contributed by atoms with Gasteiger partial charge in [0, 0.05) is 34.3 Å². The number of benzene rings is 2. The Bertz CT molecular complexity index is 1190. The smallest absolute Gasteiger partial charge is 0.341 e. The summed E-state index contributed by atoms with van der Waals surface area (Å²) in [5, 5.41) is 9.34. The number of fused-ring (bicyclic) bond motifs is 1. The molecule has 0 spiro atoms. The molecular weight excluding hydrogens is 365 g/mol. The Labute approximate surface area is 158 Å². The second kappa shape index (κ2) is 6.60. The molecule has 1 aliphatic rings. The van der Waals surface area contributed by atoms with E-state index >= 15 is 0 Å². The summed E-state index contributed by atoms with van der Waals surface area (Å²) in [6, 6.07) is 7.30. The number of pyridine rings is 1. The van der Waals surface area contributed by atoms with Gasteiger partial charge in [-0.25, -0.2) is 9.18 Å². The highest BCUT2D eigenvalue weighted by Gasteiger charge is 2.27. The van der Waals surface area contributed by atoms with E-state index in [1.54, 1.807) is 16.7 Å². The molecule has 6 nitrogen and oxygen atoms in total. The summed E-state index contributed by atoms with van der Waals surface area (Å²) in [6.07, 6.45) is 3.69. The summed E-state index contributed by atoms with van der Waals surface area (Å²) < 4.78 is 22.0. The number of carboxylic acids is 1. The van der Waals surface area contributed by atoms with E-state index in [-0.39, 0.29) is 22.6 Å². The Kier molecular flexibility index (Phi) is 4.22. The fraction of sp³-hybridized carbons (Fsp3) is 0.190. The van der Waals surface area contributed by atoms with Crippen LogP contribution in [0.5, 0.6) is 5.75 Å². The van der Waals surface area contributed by atoms with Crippen LogP contribution in [0.4, 0.5) is 4.39 Å². The minimum Gasteiger partial charge on any atom is -0.496 e. The predicted molar refractivity (Wildman–Crippen MR) is 101 cm³/mol. The number of rotatable bonds is 5. The van der Waals surface area contributed by atoms with Crippen molar-refractivity contribution in [1.29, 1.82) is 0 Å². The number of carbonyl (C=O) groups excluding carboxylic acids is 1. The molecule has 1 aromatic heterocycles. The summed E-state index contributed by atoms with van der Waals surface area (Å²) in [5.74, 6) is -1.66. The van der Waals surface area contributed by atoms with E-state index in [4.69, 9.17) is 4.74 Å². The van der Waals surface area contributed by atoms with Gasteiger partial charge >= 0.3 is 5.97 Å². The maximum atomic E-state index is 15.0. The van der Waals surface area contributed by atoms with E-state index in [0.29, 0.717) is 28.7 Å². The highest BCUT2D eigenvalue weighted by molar-refractivity contribution is 5.94. The van der Waals surface area contributed by atoms with Crippen molar-refractivity contribution in [3.8, 4) is 16.9 Å². The van der Waals surface area contributed by atoms with Crippen molar-refractivity contribution >= 4 is 23.2 Å². The van der Waals surface area contributed by atoms with Gasteiger partial charge in [-0.3, -0.25) is 9.59 Å². The minimum absolute atomic E-state index is 0.0126. The molecule has 3 aromatic rings. The van der Waals surface area contributed by atoms with Gasteiger partial charge in [-0.1, -0.05) is 0 Å². The van der Waals surface area contributed by atoms with Crippen LogP contribution in [0.15, 0.2) is 41.3 Å². The lowest BCUT2D eigenvalue weighted by Gasteiger charge is -2.15. The maximum absolute atomic E-state index is 15.0. The molecule has 0 saturated heterocycles. The Morgan fingerprint density at radius 1 is 1.25 bits per heavy atom. The van der Waals surface area contributed by atoms with E-state index in [0.717, 1.165) is 18.9 Å². The Hall–Kier alpha value is -3.48. The molecule has 1 aliphatic carbocycles. The molecule has 0 amide bonds. The van der Waals surface area contributed by atoms with Gasteiger partial charge in [0.2, 0.25) is 5.43 Å². The second-order valence-corrected chi connectivity index (χ2v) is 6.74. The monoisotopic (exact) mass is 381 g/mol. The number of nitrogens with zero attached hydrogens (tertiary/aromatic N) is 1. The molecule has 28 heavy (non-hydrogen) atoms. The van der Waals surface area contributed by atoms with Gasteiger partial charge in [-0.05, 0) is 43.2 Å². The van der Waals surface area contributed by atoms with Crippen molar-refractivity contribution in [2.45, 2.75) is 18.9 Å². The number of aromatic carboxylic acids is 1. The molecular formula is C21H16FNO5. The van der Waals surface area contributed by atoms with E-state index in [1.807, 2.05) is 0 Å². The van der Waals surface area contributed by atoms with Crippen LogP contribution in [0.3, 0.4) is 0 Å². The predicted octanol–water partition coefficient (Wildman–Crippen LogP) is 3.66. The molecule has 0 aliphatic heterocycles. The van der Waals surface area contributed by atoms with Crippen LogP contribution in [-0.2, 0) is 0 Å². The molecule has 1 N–H and O–H groups in total. The molecule has 1 heterocycles. The van der Waals surface area contributed by atoms with Gasteiger partial charge in [0.1, 0.15) is 23.4 Å². The Morgan fingerprint density at radius 2 is 2.00 bits per heavy atom. The molecule has 0 atom stereocenters. The minimum atomic E-state index is -1.34. The Morgan fingerprint density at radius 3 is 2.61 bits per heavy atom. The molecule has 0 bridgehead atoms. The van der Waals surface area contributed by atoms with Crippen molar-refractivity contribution in [1.82, 2.24) is 4.57 Å². The Balaban J connectivity index is 2.06. The number of methoxy groups -OCH3 is 1. The zero-order chi connectivity index (χ0) is 20.0. The number of carbonyl (C=O) groups is 2. The quantitative estimate of drug-likeness (QED) is 0.682. The van der Waals surface area contributed by atoms with Gasteiger partial charge in [0.15, 0.2) is 0 Å². The number of hydrogen-bond acceptors (Lipinski definition) is 4. The summed E-state index contributed by atoms with van der Waals surface area (Å²) in [6.45, 7) is 0. The van der Waals surface area contributed by atoms with Crippen LogP contribution in [-0.4, -0.2) is 29.0 Å². The van der Waals surface area contributed by atoms with Crippen molar-refractivity contribution in [2.75, 3.05) is 7.11 Å². The van der Waals surface area contributed by atoms with Crippen LogP contribution in [0.25, 0.3) is 22.0 Å². The number of carboxylic acid groups (broad SMARTS) is 1. The average molecular weight is 381 g/mol. The zero-order valence-electron chi connectivity index (χ0n) is 14.9. The van der Waals surface area contributed by atoms with E-state index in [1.165, 1.54) is 25.4 Å². The summed E-state index contributed by atoms with van der Waals surface area (Å²) in [4.78, 5) is 35.1. The van der Waals surface area contributed by atoms with Crippen LogP contribution in [0, 0.1) is 5.82 Å². The summed E-state index contributed by atoms with van der Waals surface area (Å²) >= 11 is 0. The normalized spacial score (nSPS) is 13.5. The number of aromatic nitrogens is 1. The van der Waals surface area contributed by atoms with E-state index < -0.39 is 17.2 Å². The molecule has 0 radical (unpaired) electrons. The molecule has 1 saturated carbocycles. The van der Waals surface area contributed by atoms with Gasteiger partial charge in [-0.15, -0.1) is 0 Å². The molecule has 1 fully saturated rings. The van der Waals surface area contributed by atoms with Crippen LogP contribution in [0.1, 0.15) is 39.6 Å². The zero-order valence-corrected chi connectivity index (χ0v) is 14.9. The summed E-state index contributed by atoms with van der Waals surface area (Å²) in [5.41, 5.74) is 0.252. The highest BCUT2D eigenvalue weighted by Crippen LogP contribution is 2.39. The second-order valence-electron chi connectivity index (χ2n) is 6.74. The largest absolute Gasteiger partial charge is 0.496 e. The maximum Gasteiger partial charge on any atom is 0.341 e. The van der Waals surface area contributed by atoms with Gasteiger partial charge in [0.05, 0.1) is 12.6 Å². The third kappa shape index (κ3) is 2.85. The van der Waals surface area contributed by atoms with Gasteiger partial charge in [-0.2, -0.15) is 0 Å². The fourth-order valence-electron chi connectivity index (χ4n) is 3.39. The third-order valence-corrected chi connectivity index (χ3v) is 4.94. The molecule has 7 heteroatoms. The third-order valence-electron chi connectivity index (χ3n) is 4.94. The number of aldehydes is 1. The molecule has 142 valence electrons. The topological polar surface area (TPSA) is 85.6 Å². The lowest BCUT2D eigenvalue weighted by molar-refractivity contribution is 0.0694.